The smallest absolute Gasteiger partial charge is 0.282 e. The minimum Gasteiger partial charge on any atom is -0.493 e. The Morgan fingerprint density at radius 2 is 1.53 bits per heavy atom. The van der Waals surface area contributed by atoms with Crippen molar-refractivity contribution < 1.29 is 14.2 Å². The third kappa shape index (κ3) is 5.13. The molecule has 1 heterocycles. The average molecular weight is 506 g/mol. The maximum absolute atomic E-state index is 13.4. The highest BCUT2D eigenvalue weighted by atomic mass is 16.5. The van der Waals surface area contributed by atoms with Crippen LogP contribution in [-0.4, -0.2) is 30.1 Å². The number of hydrogen-bond donors (Lipinski definition) is 0. The molecule has 0 amide bonds. The van der Waals surface area contributed by atoms with E-state index in [1.807, 2.05) is 79.7 Å². The average Bonchev–Trinajstić information content (AvgIpc) is 2.96. The van der Waals surface area contributed by atoms with Gasteiger partial charge in [0.25, 0.3) is 5.56 Å². The van der Waals surface area contributed by atoms with Gasteiger partial charge in [-0.2, -0.15) is 9.78 Å². The molecule has 0 saturated heterocycles. The van der Waals surface area contributed by atoms with Crippen LogP contribution in [0.4, 0.5) is 0 Å². The number of rotatable bonds is 8. The normalized spacial score (nSPS) is 11.1. The molecule has 0 saturated carbocycles. The molecule has 4 aromatic carbocycles. The summed E-state index contributed by atoms with van der Waals surface area (Å²) < 4.78 is 18.6. The van der Waals surface area contributed by atoms with E-state index < -0.39 is 0 Å². The van der Waals surface area contributed by atoms with Crippen molar-refractivity contribution in [2.24, 2.45) is 5.10 Å². The number of fused-ring (bicyclic) bond motifs is 1. The minimum absolute atomic E-state index is 0.261. The number of aryl methyl sites for hydroxylation is 1. The van der Waals surface area contributed by atoms with Gasteiger partial charge in [-0.1, -0.05) is 72.3 Å². The molecular weight excluding hydrogens is 478 g/mol. The SMILES string of the molecule is COc1cc(C=Nn2c(-c3ccccc3)nc3ccccc3c2=O)cc(OC)c1OCc1ccc(C)cc1. The van der Waals surface area contributed by atoms with Crippen LogP contribution in [0.3, 0.4) is 0 Å². The number of aromatic nitrogens is 2. The van der Waals surface area contributed by atoms with Crippen molar-refractivity contribution in [3.05, 3.63) is 118 Å². The molecule has 5 rings (SSSR count). The van der Waals surface area contributed by atoms with Crippen molar-refractivity contribution in [1.82, 2.24) is 9.66 Å². The highest BCUT2D eigenvalue weighted by Gasteiger charge is 2.15. The molecule has 0 radical (unpaired) electrons. The lowest BCUT2D eigenvalue weighted by atomic mass is 10.1. The van der Waals surface area contributed by atoms with E-state index in [0.29, 0.717) is 46.1 Å². The van der Waals surface area contributed by atoms with Crippen LogP contribution in [0.25, 0.3) is 22.3 Å². The molecule has 0 bridgehead atoms. The van der Waals surface area contributed by atoms with Crippen LogP contribution in [0, 0.1) is 6.92 Å². The summed E-state index contributed by atoms with van der Waals surface area (Å²) in [5.74, 6) is 1.92. The van der Waals surface area contributed by atoms with E-state index in [4.69, 9.17) is 19.2 Å². The van der Waals surface area contributed by atoms with Crippen LogP contribution in [0.2, 0.25) is 0 Å². The van der Waals surface area contributed by atoms with Gasteiger partial charge in [-0.25, -0.2) is 4.98 Å². The zero-order valence-corrected chi connectivity index (χ0v) is 21.4. The summed E-state index contributed by atoms with van der Waals surface area (Å²) in [6.45, 7) is 2.40. The van der Waals surface area contributed by atoms with Gasteiger partial charge in [0.15, 0.2) is 17.3 Å². The molecule has 1 aromatic heterocycles. The number of methoxy groups -OCH3 is 2. The molecule has 0 atom stereocenters. The van der Waals surface area contributed by atoms with Gasteiger partial charge in [0.1, 0.15) is 6.61 Å². The van der Waals surface area contributed by atoms with Gasteiger partial charge in [-0.3, -0.25) is 4.79 Å². The fourth-order valence-corrected chi connectivity index (χ4v) is 4.09. The van der Waals surface area contributed by atoms with Gasteiger partial charge >= 0.3 is 0 Å². The molecular formula is C31H27N3O4. The van der Waals surface area contributed by atoms with Gasteiger partial charge in [0, 0.05) is 11.1 Å². The number of nitrogens with zero attached hydrogens (tertiary/aromatic N) is 3. The topological polar surface area (TPSA) is 74.9 Å². The predicted octanol–water partition coefficient (Wildman–Crippen LogP) is 5.85. The Morgan fingerprint density at radius 1 is 0.868 bits per heavy atom. The van der Waals surface area contributed by atoms with Gasteiger partial charge in [0.2, 0.25) is 5.75 Å². The van der Waals surface area contributed by atoms with Gasteiger partial charge in [-0.05, 0) is 36.8 Å². The van der Waals surface area contributed by atoms with Crippen molar-refractivity contribution in [3.63, 3.8) is 0 Å². The van der Waals surface area contributed by atoms with Crippen molar-refractivity contribution in [2.45, 2.75) is 13.5 Å². The lowest BCUT2D eigenvalue weighted by Crippen LogP contribution is -2.20. The molecule has 0 aliphatic carbocycles. The van der Waals surface area contributed by atoms with E-state index in [2.05, 4.69) is 5.10 Å². The molecule has 0 fully saturated rings. The van der Waals surface area contributed by atoms with Crippen molar-refractivity contribution in [1.29, 1.82) is 0 Å². The first-order valence-electron chi connectivity index (χ1n) is 12.1. The third-order valence-electron chi connectivity index (χ3n) is 6.09. The molecule has 38 heavy (non-hydrogen) atoms. The number of ether oxygens (including phenoxy) is 3. The lowest BCUT2D eigenvalue weighted by Gasteiger charge is -2.15. The van der Waals surface area contributed by atoms with Crippen LogP contribution in [-0.2, 0) is 6.61 Å². The van der Waals surface area contributed by atoms with Crippen molar-refractivity contribution in [2.75, 3.05) is 14.2 Å². The van der Waals surface area contributed by atoms with E-state index in [1.165, 1.54) is 10.2 Å². The first kappa shape index (κ1) is 24.8. The highest BCUT2D eigenvalue weighted by molar-refractivity contribution is 5.83. The second kappa shape index (κ2) is 11.0. The maximum Gasteiger partial charge on any atom is 0.282 e. The summed E-state index contributed by atoms with van der Waals surface area (Å²) in [6.07, 6.45) is 1.58. The minimum atomic E-state index is -0.261. The van der Waals surface area contributed by atoms with Crippen LogP contribution in [0.5, 0.6) is 17.2 Å². The molecule has 0 spiro atoms. The zero-order valence-electron chi connectivity index (χ0n) is 21.4. The summed E-state index contributed by atoms with van der Waals surface area (Å²) >= 11 is 0. The van der Waals surface area contributed by atoms with E-state index in [1.54, 1.807) is 38.6 Å². The zero-order chi connectivity index (χ0) is 26.5. The monoisotopic (exact) mass is 505 g/mol. The Morgan fingerprint density at radius 3 is 2.21 bits per heavy atom. The fraction of sp³-hybridized carbons (Fsp3) is 0.129. The number of benzene rings is 4. The molecule has 7 heteroatoms. The molecule has 5 aromatic rings. The van der Waals surface area contributed by atoms with Crippen molar-refractivity contribution in [3.8, 4) is 28.6 Å². The summed E-state index contributed by atoms with van der Waals surface area (Å²) in [6, 6.07) is 28.5. The maximum atomic E-state index is 13.4. The van der Waals surface area contributed by atoms with E-state index >= 15 is 0 Å². The molecule has 0 aliphatic rings. The molecule has 7 nitrogen and oxygen atoms in total. The van der Waals surface area contributed by atoms with Gasteiger partial charge in [0.05, 0.1) is 31.3 Å². The Kier molecular flexibility index (Phi) is 7.17. The quantitative estimate of drug-likeness (QED) is 0.247. The Labute approximate surface area is 220 Å². The van der Waals surface area contributed by atoms with E-state index in [0.717, 1.165) is 11.1 Å². The molecule has 190 valence electrons. The van der Waals surface area contributed by atoms with Crippen LogP contribution >= 0.6 is 0 Å². The Hall–Kier alpha value is -4.91. The van der Waals surface area contributed by atoms with Crippen LogP contribution in [0.1, 0.15) is 16.7 Å². The van der Waals surface area contributed by atoms with E-state index in [9.17, 15) is 4.79 Å². The first-order valence-corrected chi connectivity index (χ1v) is 12.1. The summed E-state index contributed by atoms with van der Waals surface area (Å²) in [7, 11) is 3.14. The summed E-state index contributed by atoms with van der Waals surface area (Å²) in [5.41, 5.74) is 4.01. The Balaban J connectivity index is 1.53. The number of hydrogen-bond acceptors (Lipinski definition) is 6. The number of para-hydroxylation sites is 1. The molecule has 0 N–H and O–H groups in total. The molecule has 0 unspecified atom stereocenters. The van der Waals surface area contributed by atoms with Crippen molar-refractivity contribution >= 4 is 17.1 Å². The Bertz CT molecular complexity index is 1630. The van der Waals surface area contributed by atoms with Crippen LogP contribution in [0.15, 0.2) is 101 Å². The standard InChI is InChI=1S/C31H27N3O4/c1-21-13-15-22(16-14-21)20-38-29-27(36-2)17-23(18-28(29)37-3)19-32-34-30(24-9-5-4-6-10-24)33-26-12-8-7-11-25(26)31(34)35/h4-19H,20H2,1-3H3. The highest BCUT2D eigenvalue weighted by Crippen LogP contribution is 2.38. The lowest BCUT2D eigenvalue weighted by molar-refractivity contribution is 0.266. The second-order valence-electron chi connectivity index (χ2n) is 8.71. The first-order chi connectivity index (χ1) is 18.6. The van der Waals surface area contributed by atoms with E-state index in [-0.39, 0.29) is 5.56 Å². The van der Waals surface area contributed by atoms with Gasteiger partial charge < -0.3 is 14.2 Å². The fourth-order valence-electron chi connectivity index (χ4n) is 4.09. The second-order valence-corrected chi connectivity index (χ2v) is 8.71. The third-order valence-corrected chi connectivity index (χ3v) is 6.09. The summed E-state index contributed by atoms with van der Waals surface area (Å²) in [4.78, 5) is 18.2. The van der Waals surface area contributed by atoms with Gasteiger partial charge in [-0.15, -0.1) is 0 Å². The molecule has 0 aliphatic heterocycles. The predicted molar refractivity (Wildman–Crippen MR) is 149 cm³/mol. The van der Waals surface area contributed by atoms with Crippen LogP contribution < -0.4 is 19.8 Å². The summed E-state index contributed by atoms with van der Waals surface area (Å²) in [5, 5.41) is 5.04. The largest absolute Gasteiger partial charge is 0.493 e.